The van der Waals surface area contributed by atoms with Crippen LogP contribution in [-0.4, -0.2) is 9.13 Å². The van der Waals surface area contributed by atoms with E-state index in [0.717, 1.165) is 55.9 Å². The lowest BCUT2D eigenvalue weighted by atomic mass is 10.1. The average Bonchev–Trinajstić information content (AvgIpc) is 3.72. The van der Waals surface area contributed by atoms with Gasteiger partial charge in [-0.25, -0.2) is 4.39 Å². The Balaban J connectivity index is 1.17. The first-order valence-corrected chi connectivity index (χ1v) is 17.5. The van der Waals surface area contributed by atoms with E-state index in [9.17, 15) is 4.39 Å². The third-order valence-corrected chi connectivity index (χ3v) is 10.2. The van der Waals surface area contributed by atoms with Crippen LogP contribution >= 0.6 is 0 Å². The van der Waals surface area contributed by atoms with E-state index in [-0.39, 0.29) is 5.82 Å². The molecule has 0 N–H and O–H groups in total. The van der Waals surface area contributed by atoms with Gasteiger partial charge in [0.2, 0.25) is 0 Å². The second-order valence-corrected chi connectivity index (χ2v) is 13.2. The van der Waals surface area contributed by atoms with Gasteiger partial charge in [0, 0.05) is 50.0 Å². The first kappa shape index (κ1) is 30.0. The van der Waals surface area contributed by atoms with Gasteiger partial charge < -0.3 is 14.0 Å². The van der Waals surface area contributed by atoms with Crippen LogP contribution in [0, 0.1) is 5.82 Å². The molecule has 2 aromatic heterocycles. The Morgan fingerprint density at radius 1 is 0.327 bits per heavy atom. The molecule has 0 atom stereocenters. The van der Waals surface area contributed by atoms with E-state index in [2.05, 4.69) is 172 Å². The highest BCUT2D eigenvalue weighted by molar-refractivity contribution is 6.12. The van der Waals surface area contributed by atoms with E-state index in [1.807, 2.05) is 24.3 Å². The van der Waals surface area contributed by atoms with Crippen LogP contribution in [0.1, 0.15) is 0 Å². The fraction of sp³-hybridized carbons (Fsp3) is 0. The Kier molecular flexibility index (Phi) is 7.00. The molecule has 0 amide bonds. The van der Waals surface area contributed by atoms with Crippen LogP contribution < -0.4 is 4.90 Å². The predicted molar refractivity (Wildman–Crippen MR) is 215 cm³/mol. The van der Waals surface area contributed by atoms with Crippen molar-refractivity contribution in [3.8, 4) is 22.5 Å². The summed E-state index contributed by atoms with van der Waals surface area (Å²) in [5, 5.41) is 4.70. The fourth-order valence-electron chi connectivity index (χ4n) is 7.80. The predicted octanol–water partition coefficient (Wildman–Crippen LogP) is 13.2. The van der Waals surface area contributed by atoms with E-state index in [4.69, 9.17) is 0 Å². The quantitative estimate of drug-likeness (QED) is 0.172. The van der Waals surface area contributed by atoms with E-state index in [1.54, 1.807) is 0 Å². The Morgan fingerprint density at radius 3 is 1.52 bits per heavy atom. The van der Waals surface area contributed by atoms with Crippen LogP contribution in [0.4, 0.5) is 21.5 Å². The van der Waals surface area contributed by atoms with Gasteiger partial charge in [-0.15, -0.1) is 0 Å². The molecule has 3 nitrogen and oxygen atoms in total. The van der Waals surface area contributed by atoms with Crippen LogP contribution in [0.2, 0.25) is 0 Å². The highest BCUT2D eigenvalue weighted by Crippen LogP contribution is 2.42. The van der Waals surface area contributed by atoms with Crippen molar-refractivity contribution in [2.24, 2.45) is 0 Å². The van der Waals surface area contributed by atoms with Gasteiger partial charge in [-0.1, -0.05) is 103 Å². The summed E-state index contributed by atoms with van der Waals surface area (Å²) in [5.41, 5.74) is 12.0. The Bertz CT molecular complexity index is 2890. The van der Waals surface area contributed by atoms with Crippen molar-refractivity contribution in [2.75, 3.05) is 4.90 Å². The minimum Gasteiger partial charge on any atom is -0.310 e. The maximum Gasteiger partial charge on any atom is 0.123 e. The standard InChI is InChI=1S/C48H32FN3/c49-35-21-25-37(26-22-35)50(40-27-29-43-41-15-7-9-17-45(41)52(48(43)32-40)36-13-5-2-6-14-36)39-28-30-47-44(31-39)42-16-8-10-18-46(42)51(47)38-23-19-34(20-24-38)33-11-3-1-4-12-33/h1-32H. The number of halogens is 1. The van der Waals surface area contributed by atoms with Crippen molar-refractivity contribution in [2.45, 2.75) is 0 Å². The number of anilines is 3. The molecule has 246 valence electrons. The SMILES string of the molecule is Fc1ccc(N(c2ccc3c(c2)c2ccccc2n3-c2ccc(-c3ccccc3)cc2)c2ccc3c4ccccc4n(-c4ccccc4)c3c2)cc1. The molecular formula is C48H32FN3. The van der Waals surface area contributed by atoms with E-state index in [0.29, 0.717) is 0 Å². The summed E-state index contributed by atoms with van der Waals surface area (Å²) in [6.07, 6.45) is 0. The molecule has 0 unspecified atom stereocenters. The zero-order valence-electron chi connectivity index (χ0n) is 28.2. The molecule has 4 heteroatoms. The number of benzene rings is 8. The minimum absolute atomic E-state index is 0.264. The number of rotatable bonds is 6. The monoisotopic (exact) mass is 669 g/mol. The maximum atomic E-state index is 14.4. The van der Waals surface area contributed by atoms with E-state index in [1.165, 1.54) is 39.4 Å². The number of nitrogens with zero attached hydrogens (tertiary/aromatic N) is 3. The highest BCUT2D eigenvalue weighted by Gasteiger charge is 2.20. The summed E-state index contributed by atoms with van der Waals surface area (Å²) in [6, 6.07) is 67.0. The highest BCUT2D eigenvalue weighted by atomic mass is 19.1. The number of fused-ring (bicyclic) bond motifs is 6. The van der Waals surface area contributed by atoms with Crippen LogP contribution in [0.5, 0.6) is 0 Å². The van der Waals surface area contributed by atoms with E-state index >= 15 is 0 Å². The van der Waals surface area contributed by atoms with Crippen LogP contribution in [0.25, 0.3) is 66.1 Å². The molecule has 0 saturated heterocycles. The van der Waals surface area contributed by atoms with Crippen molar-refractivity contribution in [1.29, 1.82) is 0 Å². The van der Waals surface area contributed by atoms with Gasteiger partial charge in [-0.2, -0.15) is 0 Å². The summed E-state index contributed by atoms with van der Waals surface area (Å²) in [5.74, 6) is -0.264. The second-order valence-electron chi connectivity index (χ2n) is 13.2. The molecule has 10 rings (SSSR count). The van der Waals surface area contributed by atoms with Crippen LogP contribution in [0.15, 0.2) is 194 Å². The zero-order chi connectivity index (χ0) is 34.6. The number of hydrogen-bond acceptors (Lipinski definition) is 1. The second kappa shape index (κ2) is 12.1. The molecule has 0 aliphatic rings. The lowest BCUT2D eigenvalue weighted by Crippen LogP contribution is -2.10. The Morgan fingerprint density at radius 2 is 0.808 bits per heavy atom. The largest absolute Gasteiger partial charge is 0.310 e. The lowest BCUT2D eigenvalue weighted by molar-refractivity contribution is 0.628. The molecule has 8 aromatic carbocycles. The minimum atomic E-state index is -0.264. The molecule has 0 saturated carbocycles. The summed E-state index contributed by atoms with van der Waals surface area (Å²) in [4.78, 5) is 2.23. The summed E-state index contributed by atoms with van der Waals surface area (Å²) in [6.45, 7) is 0. The first-order chi connectivity index (χ1) is 25.7. The van der Waals surface area contributed by atoms with Gasteiger partial charge in [-0.05, 0) is 102 Å². The summed E-state index contributed by atoms with van der Waals surface area (Å²) in [7, 11) is 0. The normalized spacial score (nSPS) is 11.6. The van der Waals surface area contributed by atoms with Gasteiger partial charge >= 0.3 is 0 Å². The zero-order valence-corrected chi connectivity index (χ0v) is 28.2. The van der Waals surface area contributed by atoms with Crippen LogP contribution in [-0.2, 0) is 0 Å². The third-order valence-electron chi connectivity index (χ3n) is 10.2. The molecule has 0 fully saturated rings. The fourth-order valence-corrected chi connectivity index (χ4v) is 7.80. The van der Waals surface area contributed by atoms with Gasteiger partial charge in [0.15, 0.2) is 0 Å². The Hall–Kier alpha value is -6.91. The average molecular weight is 670 g/mol. The van der Waals surface area contributed by atoms with Crippen molar-refractivity contribution >= 4 is 60.7 Å². The van der Waals surface area contributed by atoms with E-state index < -0.39 is 0 Å². The van der Waals surface area contributed by atoms with Crippen molar-refractivity contribution < 1.29 is 4.39 Å². The summed E-state index contributed by atoms with van der Waals surface area (Å²) < 4.78 is 19.0. The molecule has 0 aliphatic heterocycles. The number of aromatic nitrogens is 2. The molecule has 52 heavy (non-hydrogen) atoms. The van der Waals surface area contributed by atoms with Crippen molar-refractivity contribution in [1.82, 2.24) is 9.13 Å². The topological polar surface area (TPSA) is 13.1 Å². The van der Waals surface area contributed by atoms with Gasteiger partial charge in [0.1, 0.15) is 5.82 Å². The lowest BCUT2D eigenvalue weighted by Gasteiger charge is -2.26. The summed E-state index contributed by atoms with van der Waals surface area (Å²) >= 11 is 0. The molecule has 0 spiro atoms. The molecular weight excluding hydrogens is 638 g/mol. The van der Waals surface area contributed by atoms with Gasteiger partial charge in [-0.3, -0.25) is 0 Å². The molecule has 0 bridgehead atoms. The molecule has 0 aliphatic carbocycles. The van der Waals surface area contributed by atoms with Gasteiger partial charge in [0.05, 0.1) is 22.1 Å². The molecule has 10 aromatic rings. The van der Waals surface area contributed by atoms with Crippen LogP contribution in [0.3, 0.4) is 0 Å². The Labute approximate surface area is 300 Å². The van der Waals surface area contributed by atoms with Crippen molar-refractivity contribution in [3.63, 3.8) is 0 Å². The molecule has 2 heterocycles. The molecule has 0 radical (unpaired) electrons. The first-order valence-electron chi connectivity index (χ1n) is 17.5. The number of para-hydroxylation sites is 3. The third kappa shape index (κ3) is 4.88. The number of hydrogen-bond donors (Lipinski definition) is 0. The van der Waals surface area contributed by atoms with Gasteiger partial charge in [0.25, 0.3) is 0 Å². The smallest absolute Gasteiger partial charge is 0.123 e. The van der Waals surface area contributed by atoms with Crippen molar-refractivity contribution in [3.05, 3.63) is 200 Å². The maximum absolute atomic E-state index is 14.4.